The molecule has 2 heterocycles. The number of pyridine rings is 1. The van der Waals surface area contributed by atoms with Crippen LogP contribution in [-0.4, -0.2) is 40.9 Å². The Morgan fingerprint density at radius 2 is 1.76 bits per heavy atom. The van der Waals surface area contributed by atoms with Crippen molar-refractivity contribution in [1.82, 2.24) is 15.0 Å². The Kier molecular flexibility index (Phi) is 7.17. The molecule has 0 N–H and O–H groups in total. The zero-order valence-electron chi connectivity index (χ0n) is 17.6. The quantitative estimate of drug-likeness (QED) is 0.228. The van der Waals surface area contributed by atoms with Crippen molar-refractivity contribution in [3.8, 4) is 11.4 Å². The first-order chi connectivity index (χ1) is 15.8. The summed E-state index contributed by atoms with van der Waals surface area (Å²) in [5.41, 5.74) is -1.50. The Morgan fingerprint density at radius 1 is 1.03 bits per heavy atom. The van der Waals surface area contributed by atoms with Gasteiger partial charge in [0.05, 0.1) is 32.4 Å². The van der Waals surface area contributed by atoms with Gasteiger partial charge in [0.2, 0.25) is 0 Å². The minimum absolute atomic E-state index is 0.0194. The zero-order chi connectivity index (χ0) is 24.0. The number of carbonyl (C=O) groups is 2. The highest BCUT2D eigenvalue weighted by molar-refractivity contribution is 6.16. The van der Waals surface area contributed by atoms with E-state index in [0.717, 1.165) is 6.20 Å². The number of ether oxygens (including phenoxy) is 2. The Bertz CT molecular complexity index is 1200. The van der Waals surface area contributed by atoms with Crippen LogP contribution >= 0.6 is 0 Å². The number of alkyl halides is 3. The van der Waals surface area contributed by atoms with Crippen molar-refractivity contribution in [2.45, 2.75) is 12.6 Å². The first kappa shape index (κ1) is 23.6. The maximum absolute atomic E-state index is 13.7. The molecule has 1 aromatic carbocycles. The van der Waals surface area contributed by atoms with Gasteiger partial charge in [-0.05, 0) is 23.3 Å². The summed E-state index contributed by atoms with van der Waals surface area (Å²) < 4.78 is 50.7. The topological polar surface area (TPSA) is 91.3 Å². The summed E-state index contributed by atoms with van der Waals surface area (Å²) in [5, 5.41) is 0. The molecule has 0 aliphatic carbocycles. The van der Waals surface area contributed by atoms with E-state index in [9.17, 15) is 22.8 Å². The minimum Gasteiger partial charge on any atom is -0.503 e. The lowest BCUT2D eigenvalue weighted by atomic mass is 9.96. The monoisotopic (exact) mass is 457 g/mol. The minimum atomic E-state index is -4.85. The molecule has 0 aliphatic rings. The van der Waals surface area contributed by atoms with Crippen LogP contribution in [0.1, 0.15) is 27.3 Å². The lowest BCUT2D eigenvalue weighted by Gasteiger charge is -2.13. The van der Waals surface area contributed by atoms with Crippen LogP contribution in [-0.2, 0) is 26.9 Å². The van der Waals surface area contributed by atoms with Gasteiger partial charge in [-0.1, -0.05) is 30.3 Å². The molecule has 0 atom stereocenters. The smallest absolute Gasteiger partial charge is 0.435 e. The normalized spacial score (nSPS) is 11.7. The number of benzene rings is 1. The number of rotatable bonds is 7. The average molecular weight is 457 g/mol. The summed E-state index contributed by atoms with van der Waals surface area (Å²) in [5.74, 6) is -1.41. The first-order valence-electron chi connectivity index (χ1n) is 9.54. The molecule has 0 saturated heterocycles. The highest BCUT2D eigenvalue weighted by atomic mass is 19.4. The molecule has 10 heteroatoms. The van der Waals surface area contributed by atoms with E-state index in [1.807, 2.05) is 0 Å². The van der Waals surface area contributed by atoms with Crippen LogP contribution in [0.5, 0.6) is 0 Å². The Balaban J connectivity index is 2.00. The highest BCUT2D eigenvalue weighted by Gasteiger charge is 2.38. The third kappa shape index (κ3) is 5.40. The van der Waals surface area contributed by atoms with Crippen LogP contribution in [0.25, 0.3) is 17.0 Å². The number of carbonyl (C=O) groups excluding carboxylic acids is 2. The average Bonchev–Trinajstić information content (AvgIpc) is 2.82. The van der Waals surface area contributed by atoms with Gasteiger partial charge in [0.1, 0.15) is 17.0 Å². The molecule has 0 spiro atoms. The van der Waals surface area contributed by atoms with Crippen molar-refractivity contribution >= 4 is 17.3 Å². The molecule has 0 aliphatic heterocycles. The van der Waals surface area contributed by atoms with Gasteiger partial charge >= 0.3 is 12.1 Å². The van der Waals surface area contributed by atoms with E-state index in [2.05, 4.69) is 15.0 Å². The van der Waals surface area contributed by atoms with Crippen LogP contribution < -0.4 is 0 Å². The van der Waals surface area contributed by atoms with E-state index in [-0.39, 0.29) is 17.7 Å². The molecule has 3 rings (SSSR count). The van der Waals surface area contributed by atoms with E-state index in [1.165, 1.54) is 38.8 Å². The molecule has 33 heavy (non-hydrogen) atoms. The van der Waals surface area contributed by atoms with E-state index in [4.69, 9.17) is 9.47 Å². The van der Waals surface area contributed by atoms with Crippen LogP contribution in [0.4, 0.5) is 13.2 Å². The van der Waals surface area contributed by atoms with Gasteiger partial charge in [0, 0.05) is 12.6 Å². The SMILES string of the molecule is COC=C(C(=O)OC)c1ccccc1CC(=O)c1cnc(-c2ccccn2)c(C(F)(F)F)n1. The summed E-state index contributed by atoms with van der Waals surface area (Å²) in [7, 11) is 2.53. The number of nitrogens with zero attached hydrogens (tertiary/aromatic N) is 3. The van der Waals surface area contributed by atoms with Crippen LogP contribution in [0.15, 0.2) is 61.1 Å². The summed E-state index contributed by atoms with van der Waals surface area (Å²) in [6.45, 7) is 0. The summed E-state index contributed by atoms with van der Waals surface area (Å²) in [6, 6.07) is 10.9. The number of Topliss-reactive ketones (excluding diaryl/α,β-unsaturated/α-hetero) is 1. The van der Waals surface area contributed by atoms with E-state index >= 15 is 0 Å². The fraction of sp³-hybridized carbons (Fsp3) is 0.174. The Labute approximate surface area is 186 Å². The van der Waals surface area contributed by atoms with Gasteiger partial charge in [-0.3, -0.25) is 9.78 Å². The fourth-order valence-corrected chi connectivity index (χ4v) is 3.06. The molecule has 0 unspecified atom stereocenters. The first-order valence-corrected chi connectivity index (χ1v) is 9.54. The summed E-state index contributed by atoms with van der Waals surface area (Å²) >= 11 is 0. The number of hydrogen-bond donors (Lipinski definition) is 0. The molecule has 0 amide bonds. The van der Waals surface area contributed by atoms with Gasteiger partial charge < -0.3 is 9.47 Å². The lowest BCUT2D eigenvalue weighted by molar-refractivity contribution is -0.141. The van der Waals surface area contributed by atoms with Crippen molar-refractivity contribution in [2.75, 3.05) is 14.2 Å². The second kappa shape index (κ2) is 10.0. The van der Waals surface area contributed by atoms with Crippen molar-refractivity contribution < 1.29 is 32.2 Å². The molecule has 170 valence electrons. The number of aromatic nitrogens is 3. The second-order valence-electron chi connectivity index (χ2n) is 6.68. The largest absolute Gasteiger partial charge is 0.503 e. The molecule has 2 aromatic heterocycles. The van der Waals surface area contributed by atoms with Crippen LogP contribution in [0.3, 0.4) is 0 Å². The molecule has 7 nitrogen and oxygen atoms in total. The van der Waals surface area contributed by atoms with Gasteiger partial charge in [-0.25, -0.2) is 14.8 Å². The van der Waals surface area contributed by atoms with Gasteiger partial charge in [-0.2, -0.15) is 13.2 Å². The predicted octanol–water partition coefficient (Wildman–Crippen LogP) is 4.14. The molecule has 0 fully saturated rings. The van der Waals surface area contributed by atoms with E-state index < -0.39 is 35.0 Å². The van der Waals surface area contributed by atoms with E-state index in [1.54, 1.807) is 30.3 Å². The van der Waals surface area contributed by atoms with Crippen LogP contribution in [0, 0.1) is 0 Å². The summed E-state index contributed by atoms with van der Waals surface area (Å²) in [4.78, 5) is 36.3. The van der Waals surface area contributed by atoms with Gasteiger partial charge in [-0.15, -0.1) is 0 Å². The molecule has 0 saturated carbocycles. The molecular weight excluding hydrogens is 439 g/mol. The molecule has 3 aromatic rings. The maximum Gasteiger partial charge on any atom is 0.435 e. The van der Waals surface area contributed by atoms with Crippen molar-refractivity contribution in [1.29, 1.82) is 0 Å². The highest BCUT2D eigenvalue weighted by Crippen LogP contribution is 2.34. The molecular formula is C23H18F3N3O4. The number of halogens is 3. The molecule has 0 radical (unpaired) electrons. The van der Waals surface area contributed by atoms with Crippen molar-refractivity contribution in [3.63, 3.8) is 0 Å². The van der Waals surface area contributed by atoms with Crippen molar-refractivity contribution in [2.24, 2.45) is 0 Å². The predicted molar refractivity (Wildman–Crippen MR) is 112 cm³/mol. The summed E-state index contributed by atoms with van der Waals surface area (Å²) in [6.07, 6.45) is -1.70. The zero-order valence-corrected chi connectivity index (χ0v) is 17.6. The number of hydrogen-bond acceptors (Lipinski definition) is 7. The molecule has 0 bridgehead atoms. The fourth-order valence-electron chi connectivity index (χ4n) is 3.06. The van der Waals surface area contributed by atoms with Crippen molar-refractivity contribution in [3.05, 3.63) is 83.6 Å². The third-order valence-electron chi connectivity index (χ3n) is 4.53. The van der Waals surface area contributed by atoms with Gasteiger partial charge in [0.15, 0.2) is 11.5 Å². The standard InChI is InChI=1S/C23H18F3N3O4/c1-32-13-16(22(31)33-2)15-8-4-3-7-14(15)11-19(30)18-12-28-20(17-9-5-6-10-27-17)21(29-18)23(24,25)26/h3-10,12-13H,11H2,1-2H3. The number of methoxy groups -OCH3 is 2. The maximum atomic E-state index is 13.7. The second-order valence-corrected chi connectivity index (χ2v) is 6.68. The Morgan fingerprint density at radius 3 is 2.39 bits per heavy atom. The third-order valence-corrected chi connectivity index (χ3v) is 4.53. The number of ketones is 1. The lowest BCUT2D eigenvalue weighted by Crippen LogP contribution is -2.17. The van der Waals surface area contributed by atoms with Gasteiger partial charge in [0.25, 0.3) is 0 Å². The van der Waals surface area contributed by atoms with Crippen LogP contribution in [0.2, 0.25) is 0 Å². The number of esters is 1. The van der Waals surface area contributed by atoms with E-state index in [0.29, 0.717) is 11.1 Å². The Hall–Kier alpha value is -4.08.